The summed E-state index contributed by atoms with van der Waals surface area (Å²) in [4.78, 5) is 27.3. The minimum Gasteiger partial charge on any atom is -0.378 e. The van der Waals surface area contributed by atoms with E-state index in [1.54, 1.807) is 24.7 Å². The van der Waals surface area contributed by atoms with Crippen LogP contribution in [0, 0.1) is 0 Å². The largest absolute Gasteiger partial charge is 0.378 e. The van der Waals surface area contributed by atoms with E-state index in [0.29, 0.717) is 31.4 Å². The number of benzene rings is 1. The molecular formula is C21H22N6O2. The Labute approximate surface area is 169 Å². The number of pyridine rings is 1. The lowest BCUT2D eigenvalue weighted by Crippen LogP contribution is -2.36. The monoisotopic (exact) mass is 390 g/mol. The third-order valence-electron chi connectivity index (χ3n) is 4.59. The number of hydrogen-bond donors (Lipinski definition) is 2. The second-order valence-corrected chi connectivity index (χ2v) is 6.55. The molecule has 0 unspecified atom stereocenters. The molecule has 0 spiro atoms. The highest BCUT2D eigenvalue weighted by molar-refractivity contribution is 5.92. The van der Waals surface area contributed by atoms with Gasteiger partial charge in [-0.3, -0.25) is 9.78 Å². The van der Waals surface area contributed by atoms with Crippen LogP contribution in [0.15, 0.2) is 61.1 Å². The molecule has 0 saturated carbocycles. The molecule has 1 aromatic carbocycles. The summed E-state index contributed by atoms with van der Waals surface area (Å²) in [5.74, 6) is 0.121. The summed E-state index contributed by atoms with van der Waals surface area (Å²) < 4.78 is 5.44. The first-order valence-corrected chi connectivity index (χ1v) is 9.48. The lowest BCUT2D eigenvalue weighted by molar-refractivity contribution is 0.0946. The van der Waals surface area contributed by atoms with Crippen LogP contribution in [0.1, 0.15) is 16.1 Å². The van der Waals surface area contributed by atoms with Crippen molar-refractivity contribution in [3.8, 4) is 0 Å². The van der Waals surface area contributed by atoms with Crippen LogP contribution in [0.3, 0.4) is 0 Å². The zero-order chi connectivity index (χ0) is 19.9. The van der Waals surface area contributed by atoms with Gasteiger partial charge in [0.05, 0.1) is 24.6 Å². The van der Waals surface area contributed by atoms with Gasteiger partial charge in [0, 0.05) is 38.2 Å². The van der Waals surface area contributed by atoms with Gasteiger partial charge in [0.15, 0.2) is 0 Å². The van der Waals surface area contributed by atoms with Crippen molar-refractivity contribution in [2.75, 3.05) is 36.5 Å². The number of morpholine rings is 1. The van der Waals surface area contributed by atoms with E-state index in [1.807, 2.05) is 30.3 Å². The maximum absolute atomic E-state index is 12.5. The Bertz CT molecular complexity index is 960. The number of amides is 1. The molecular weight excluding hydrogens is 368 g/mol. The highest BCUT2D eigenvalue weighted by Gasteiger charge is 2.15. The summed E-state index contributed by atoms with van der Waals surface area (Å²) in [6.45, 7) is 3.48. The number of nitrogens with zero attached hydrogens (tertiary/aromatic N) is 4. The van der Waals surface area contributed by atoms with E-state index in [2.05, 4.69) is 36.6 Å². The molecule has 1 amide bonds. The summed E-state index contributed by atoms with van der Waals surface area (Å²) in [5, 5.41) is 6.11. The van der Waals surface area contributed by atoms with Crippen molar-refractivity contribution in [1.29, 1.82) is 0 Å². The van der Waals surface area contributed by atoms with Crippen LogP contribution < -0.4 is 15.5 Å². The number of carbonyl (C=O) groups excluding carboxylic acids is 1. The minimum atomic E-state index is -0.256. The van der Waals surface area contributed by atoms with Crippen LogP contribution in [-0.2, 0) is 11.3 Å². The molecule has 1 aliphatic rings. The molecule has 1 saturated heterocycles. The number of aromatic nitrogens is 3. The van der Waals surface area contributed by atoms with Crippen molar-refractivity contribution in [2.24, 2.45) is 0 Å². The molecule has 0 bridgehead atoms. The number of hydrogen-bond acceptors (Lipinski definition) is 7. The highest BCUT2D eigenvalue weighted by Crippen LogP contribution is 2.28. The van der Waals surface area contributed by atoms with Crippen LogP contribution in [0.25, 0.3) is 0 Å². The Balaban J connectivity index is 1.46. The summed E-state index contributed by atoms with van der Waals surface area (Å²) >= 11 is 0. The first kappa shape index (κ1) is 18.8. The molecule has 8 heteroatoms. The van der Waals surface area contributed by atoms with Crippen molar-refractivity contribution < 1.29 is 9.53 Å². The van der Waals surface area contributed by atoms with Gasteiger partial charge in [-0.2, -0.15) is 0 Å². The lowest BCUT2D eigenvalue weighted by atomic mass is 10.2. The zero-order valence-corrected chi connectivity index (χ0v) is 15.9. The first-order valence-electron chi connectivity index (χ1n) is 9.48. The molecule has 8 nitrogen and oxygen atoms in total. The number of rotatable bonds is 6. The number of para-hydroxylation sites is 2. The van der Waals surface area contributed by atoms with E-state index in [9.17, 15) is 4.79 Å². The van der Waals surface area contributed by atoms with E-state index in [1.165, 1.54) is 0 Å². The number of anilines is 3. The van der Waals surface area contributed by atoms with Crippen molar-refractivity contribution in [2.45, 2.75) is 6.54 Å². The molecule has 3 heterocycles. The van der Waals surface area contributed by atoms with Gasteiger partial charge in [0.1, 0.15) is 5.69 Å². The van der Waals surface area contributed by atoms with Crippen LogP contribution >= 0.6 is 0 Å². The van der Waals surface area contributed by atoms with Crippen molar-refractivity contribution >= 4 is 23.2 Å². The maximum atomic E-state index is 12.5. The summed E-state index contributed by atoms with van der Waals surface area (Å²) in [5.41, 5.74) is 3.23. The van der Waals surface area contributed by atoms with Gasteiger partial charge in [0.2, 0.25) is 5.95 Å². The fourth-order valence-corrected chi connectivity index (χ4v) is 3.10. The standard InChI is InChI=1S/C21H22N6O2/c28-20(24-15-16-5-8-22-9-6-16)18-7-10-23-21(26-18)25-17-3-1-2-4-19(17)27-11-13-29-14-12-27/h1-10H,11-15H2,(H,24,28)(H,23,25,26). The lowest BCUT2D eigenvalue weighted by Gasteiger charge is -2.30. The van der Waals surface area contributed by atoms with Gasteiger partial charge >= 0.3 is 0 Å². The molecule has 1 fully saturated rings. The van der Waals surface area contributed by atoms with Crippen molar-refractivity contribution in [1.82, 2.24) is 20.3 Å². The predicted octanol–water partition coefficient (Wildman–Crippen LogP) is 2.38. The fraction of sp³-hybridized carbons (Fsp3) is 0.238. The summed E-state index contributed by atoms with van der Waals surface area (Å²) in [7, 11) is 0. The second kappa shape index (κ2) is 9.11. The maximum Gasteiger partial charge on any atom is 0.270 e. The number of carbonyl (C=O) groups is 1. The van der Waals surface area contributed by atoms with Crippen LogP contribution in [-0.4, -0.2) is 47.2 Å². The Morgan fingerprint density at radius 2 is 1.83 bits per heavy atom. The van der Waals surface area contributed by atoms with E-state index in [4.69, 9.17) is 4.74 Å². The quantitative estimate of drug-likeness (QED) is 0.668. The molecule has 2 N–H and O–H groups in total. The van der Waals surface area contributed by atoms with E-state index in [-0.39, 0.29) is 5.91 Å². The Hall–Kier alpha value is -3.52. The first-order chi connectivity index (χ1) is 14.3. The van der Waals surface area contributed by atoms with E-state index < -0.39 is 0 Å². The molecule has 0 radical (unpaired) electrons. The van der Waals surface area contributed by atoms with Crippen LogP contribution in [0.2, 0.25) is 0 Å². The van der Waals surface area contributed by atoms with Crippen molar-refractivity contribution in [3.63, 3.8) is 0 Å². The second-order valence-electron chi connectivity index (χ2n) is 6.55. The topological polar surface area (TPSA) is 92.3 Å². The average molecular weight is 390 g/mol. The molecule has 148 valence electrons. The smallest absolute Gasteiger partial charge is 0.270 e. The Morgan fingerprint density at radius 1 is 1.03 bits per heavy atom. The molecule has 2 aromatic heterocycles. The van der Waals surface area contributed by atoms with Gasteiger partial charge in [0.25, 0.3) is 5.91 Å². The van der Waals surface area contributed by atoms with Crippen LogP contribution in [0.4, 0.5) is 17.3 Å². The Kier molecular flexibility index (Phi) is 5.92. The minimum absolute atomic E-state index is 0.256. The third-order valence-corrected chi connectivity index (χ3v) is 4.59. The molecule has 4 rings (SSSR count). The van der Waals surface area contributed by atoms with Gasteiger partial charge in [-0.25, -0.2) is 9.97 Å². The van der Waals surface area contributed by atoms with Crippen molar-refractivity contribution in [3.05, 3.63) is 72.3 Å². The van der Waals surface area contributed by atoms with Gasteiger partial charge in [-0.1, -0.05) is 12.1 Å². The van der Waals surface area contributed by atoms with Gasteiger partial charge < -0.3 is 20.3 Å². The number of nitrogens with one attached hydrogen (secondary N) is 2. The SMILES string of the molecule is O=C(NCc1ccncc1)c1ccnc(Nc2ccccc2N2CCOCC2)n1. The summed E-state index contributed by atoms with van der Waals surface area (Å²) in [6.07, 6.45) is 4.97. The number of ether oxygens (including phenoxy) is 1. The summed E-state index contributed by atoms with van der Waals surface area (Å²) in [6, 6.07) is 13.3. The van der Waals surface area contributed by atoms with E-state index >= 15 is 0 Å². The molecule has 29 heavy (non-hydrogen) atoms. The highest BCUT2D eigenvalue weighted by atomic mass is 16.5. The molecule has 1 aliphatic heterocycles. The average Bonchev–Trinajstić information content (AvgIpc) is 2.79. The van der Waals surface area contributed by atoms with Crippen LogP contribution in [0.5, 0.6) is 0 Å². The Morgan fingerprint density at radius 3 is 2.66 bits per heavy atom. The van der Waals surface area contributed by atoms with Gasteiger partial charge in [-0.05, 0) is 35.9 Å². The normalized spacial score (nSPS) is 13.7. The third kappa shape index (κ3) is 4.85. The molecule has 0 aliphatic carbocycles. The van der Waals surface area contributed by atoms with Gasteiger partial charge in [-0.15, -0.1) is 0 Å². The molecule has 0 atom stereocenters. The predicted molar refractivity (Wildman–Crippen MR) is 110 cm³/mol. The zero-order valence-electron chi connectivity index (χ0n) is 15.9. The van der Waals surface area contributed by atoms with E-state index in [0.717, 1.165) is 30.0 Å². The molecule has 3 aromatic rings. The fourth-order valence-electron chi connectivity index (χ4n) is 3.10.